The van der Waals surface area contributed by atoms with Gasteiger partial charge in [-0.05, 0) is 12.5 Å². The maximum absolute atomic E-state index is 9.72. The lowest BCUT2D eigenvalue weighted by Gasteiger charge is -2.36. The fraction of sp³-hybridized carbons (Fsp3) is 0.462. The van der Waals surface area contributed by atoms with Crippen molar-refractivity contribution in [1.29, 1.82) is 0 Å². The van der Waals surface area contributed by atoms with Crippen molar-refractivity contribution in [3.05, 3.63) is 42.8 Å². The summed E-state index contributed by atoms with van der Waals surface area (Å²) in [6, 6.07) is 9.28. The molecule has 18 heavy (non-hydrogen) atoms. The molecule has 2 rings (SSSR count). The van der Waals surface area contributed by atoms with Crippen molar-refractivity contribution in [1.82, 2.24) is 0 Å². The smallest absolute Gasteiger partial charge is 0.186 e. The van der Waals surface area contributed by atoms with Crippen LogP contribution in [0.5, 0.6) is 0 Å². The Hall–Kier alpha value is -0.980. The van der Waals surface area contributed by atoms with Crippen molar-refractivity contribution >= 4 is 0 Å². The zero-order valence-corrected chi connectivity index (χ0v) is 9.85. The molecule has 1 fully saturated rings. The van der Waals surface area contributed by atoms with Gasteiger partial charge < -0.3 is 24.8 Å². The third kappa shape index (κ3) is 2.88. The van der Waals surface area contributed by atoms with Crippen LogP contribution in [0.3, 0.4) is 0 Å². The van der Waals surface area contributed by atoms with E-state index < -0.39 is 30.7 Å². The van der Waals surface area contributed by atoms with Gasteiger partial charge in [0.25, 0.3) is 0 Å². The molecule has 5 nitrogen and oxygen atoms in total. The number of hydrogen-bond donors (Lipinski definition) is 3. The van der Waals surface area contributed by atoms with Crippen LogP contribution >= 0.6 is 0 Å². The Kier molecular flexibility index (Phi) is 4.31. The van der Waals surface area contributed by atoms with E-state index in [0.29, 0.717) is 0 Å². The molecule has 5 heteroatoms. The predicted molar refractivity (Wildman–Crippen MR) is 63.4 cm³/mol. The largest absolute Gasteiger partial charge is 0.388 e. The summed E-state index contributed by atoms with van der Waals surface area (Å²) in [4.78, 5) is 0. The molecule has 1 heterocycles. The lowest BCUT2D eigenvalue weighted by molar-refractivity contribution is -0.279. The van der Waals surface area contributed by atoms with Crippen LogP contribution in [-0.2, 0) is 9.47 Å². The summed E-state index contributed by atoms with van der Waals surface area (Å²) in [6.07, 6.45) is -5.17. The third-order valence-corrected chi connectivity index (χ3v) is 2.92. The summed E-state index contributed by atoms with van der Waals surface area (Å²) in [5, 5.41) is 28.5. The predicted octanol–water partition coefficient (Wildman–Crippen LogP) is 0.0174. The average molecular weight is 253 g/mol. The molecule has 1 aromatic rings. The molecular formula is C13H17O5. The van der Waals surface area contributed by atoms with Gasteiger partial charge in [-0.1, -0.05) is 30.3 Å². The minimum Gasteiger partial charge on any atom is -0.388 e. The first-order valence-electron chi connectivity index (χ1n) is 5.79. The molecule has 1 aliphatic heterocycles. The molecule has 0 amide bonds. The molecule has 0 aromatic heterocycles. The maximum atomic E-state index is 9.72. The Morgan fingerprint density at radius 1 is 1.17 bits per heavy atom. The highest BCUT2D eigenvalue weighted by Crippen LogP contribution is 2.23. The van der Waals surface area contributed by atoms with Crippen molar-refractivity contribution in [2.24, 2.45) is 0 Å². The van der Waals surface area contributed by atoms with Crippen LogP contribution in [0.4, 0.5) is 0 Å². The van der Waals surface area contributed by atoms with E-state index in [-0.39, 0.29) is 6.61 Å². The highest BCUT2D eigenvalue weighted by atomic mass is 16.7. The maximum Gasteiger partial charge on any atom is 0.186 e. The van der Waals surface area contributed by atoms with E-state index in [1.807, 2.05) is 30.3 Å². The second-order valence-corrected chi connectivity index (χ2v) is 4.29. The van der Waals surface area contributed by atoms with Crippen molar-refractivity contribution in [2.45, 2.75) is 30.7 Å². The second kappa shape index (κ2) is 5.77. The van der Waals surface area contributed by atoms with E-state index in [0.717, 1.165) is 5.56 Å². The Labute approximate surface area is 106 Å². The number of hydrogen-bond acceptors (Lipinski definition) is 5. The molecule has 0 saturated carbocycles. The van der Waals surface area contributed by atoms with E-state index in [9.17, 15) is 15.3 Å². The molecule has 0 spiro atoms. The topological polar surface area (TPSA) is 79.2 Å². The molecule has 0 aliphatic carbocycles. The fourth-order valence-corrected chi connectivity index (χ4v) is 1.81. The zero-order valence-electron chi connectivity index (χ0n) is 9.85. The molecule has 1 saturated heterocycles. The van der Waals surface area contributed by atoms with Crippen LogP contribution in [0.15, 0.2) is 30.3 Å². The van der Waals surface area contributed by atoms with Gasteiger partial charge in [0.15, 0.2) is 6.29 Å². The molecule has 5 atom stereocenters. The molecule has 1 aliphatic rings. The van der Waals surface area contributed by atoms with Gasteiger partial charge in [0.2, 0.25) is 0 Å². The summed E-state index contributed by atoms with van der Waals surface area (Å²) >= 11 is 0. The number of ether oxygens (including phenoxy) is 2. The molecule has 1 unspecified atom stereocenters. The highest BCUT2D eigenvalue weighted by Gasteiger charge is 2.38. The van der Waals surface area contributed by atoms with Gasteiger partial charge in [0.1, 0.15) is 18.3 Å². The van der Waals surface area contributed by atoms with Gasteiger partial charge >= 0.3 is 0 Å². The Morgan fingerprint density at radius 2 is 1.83 bits per heavy atom. The SMILES string of the molecule is [CH2]C(O[C@@H]1OC[C@H](O)[C@H](O)[C@H]1O)c1ccccc1. The van der Waals surface area contributed by atoms with E-state index in [2.05, 4.69) is 6.92 Å². The van der Waals surface area contributed by atoms with Gasteiger partial charge in [0, 0.05) is 0 Å². The van der Waals surface area contributed by atoms with E-state index in [4.69, 9.17) is 9.47 Å². The van der Waals surface area contributed by atoms with Crippen LogP contribution in [0.25, 0.3) is 0 Å². The van der Waals surface area contributed by atoms with Crippen molar-refractivity contribution in [3.8, 4) is 0 Å². The van der Waals surface area contributed by atoms with Gasteiger partial charge in [0.05, 0.1) is 12.7 Å². The molecule has 99 valence electrons. The first-order chi connectivity index (χ1) is 8.59. The standard InChI is InChI=1S/C13H17O5/c1-8(9-5-3-2-4-6-9)18-13-12(16)11(15)10(14)7-17-13/h2-6,8,10-16H,1,7H2/t8?,10-,11-,12+,13-/m0/s1. The van der Waals surface area contributed by atoms with Crippen molar-refractivity contribution in [3.63, 3.8) is 0 Å². The van der Waals surface area contributed by atoms with Crippen LogP contribution < -0.4 is 0 Å². The number of aliphatic hydroxyl groups excluding tert-OH is 3. The lowest BCUT2D eigenvalue weighted by Crippen LogP contribution is -2.53. The molecule has 3 N–H and O–H groups in total. The van der Waals surface area contributed by atoms with Crippen molar-refractivity contribution in [2.75, 3.05) is 6.61 Å². The fourth-order valence-electron chi connectivity index (χ4n) is 1.81. The lowest BCUT2D eigenvalue weighted by atomic mass is 10.1. The first kappa shape index (κ1) is 13.5. The molecular weight excluding hydrogens is 236 g/mol. The summed E-state index contributed by atoms with van der Waals surface area (Å²) in [7, 11) is 0. The summed E-state index contributed by atoms with van der Waals surface area (Å²) in [5.41, 5.74) is 0.842. The highest BCUT2D eigenvalue weighted by molar-refractivity contribution is 5.18. The van der Waals surface area contributed by atoms with E-state index in [1.54, 1.807) is 0 Å². The summed E-state index contributed by atoms with van der Waals surface area (Å²) in [6.45, 7) is 3.74. The monoisotopic (exact) mass is 253 g/mol. The molecule has 1 radical (unpaired) electrons. The van der Waals surface area contributed by atoms with E-state index in [1.165, 1.54) is 0 Å². The first-order valence-corrected chi connectivity index (χ1v) is 5.79. The zero-order chi connectivity index (χ0) is 13.1. The minimum absolute atomic E-state index is 0.0790. The summed E-state index contributed by atoms with van der Waals surface area (Å²) < 4.78 is 10.6. The average Bonchev–Trinajstić information content (AvgIpc) is 2.40. The number of rotatable bonds is 3. The normalized spacial score (nSPS) is 34.2. The van der Waals surface area contributed by atoms with Gasteiger partial charge in [-0.3, -0.25) is 0 Å². The van der Waals surface area contributed by atoms with Gasteiger partial charge in [-0.25, -0.2) is 0 Å². The van der Waals surface area contributed by atoms with Crippen LogP contribution in [0.1, 0.15) is 11.7 Å². The number of benzene rings is 1. The Balaban J connectivity index is 1.97. The van der Waals surface area contributed by atoms with E-state index >= 15 is 0 Å². The molecule has 0 bridgehead atoms. The van der Waals surface area contributed by atoms with Crippen LogP contribution in [0, 0.1) is 6.92 Å². The minimum atomic E-state index is -1.29. The molecule has 1 aromatic carbocycles. The van der Waals surface area contributed by atoms with Crippen LogP contribution in [-0.4, -0.2) is 46.5 Å². The third-order valence-electron chi connectivity index (χ3n) is 2.92. The summed E-state index contributed by atoms with van der Waals surface area (Å²) in [5.74, 6) is 0. The Bertz CT molecular complexity index is 369. The van der Waals surface area contributed by atoms with Gasteiger partial charge in [-0.2, -0.15) is 0 Å². The second-order valence-electron chi connectivity index (χ2n) is 4.29. The quantitative estimate of drug-likeness (QED) is 0.707. The Morgan fingerprint density at radius 3 is 2.50 bits per heavy atom. The van der Waals surface area contributed by atoms with Crippen LogP contribution in [0.2, 0.25) is 0 Å². The van der Waals surface area contributed by atoms with Crippen molar-refractivity contribution < 1.29 is 24.8 Å². The number of aliphatic hydroxyl groups is 3. The van der Waals surface area contributed by atoms with Gasteiger partial charge in [-0.15, -0.1) is 0 Å².